The molecule has 1 unspecified atom stereocenters. The van der Waals surface area contributed by atoms with E-state index in [2.05, 4.69) is 26.2 Å². The average molecular weight is 258 g/mol. The third kappa shape index (κ3) is 1.46. The van der Waals surface area contributed by atoms with Crippen molar-refractivity contribution in [3.8, 4) is 0 Å². The molecule has 2 rings (SSSR count). The smallest absolute Gasteiger partial charge is 0.154 e. The Hall–Kier alpha value is -1.14. The SMILES string of the molecule is Cn1nnc(Br)c1C(O)c1ccoc1. The van der Waals surface area contributed by atoms with E-state index in [0.717, 1.165) is 0 Å². The number of hydrogen-bond acceptors (Lipinski definition) is 4. The van der Waals surface area contributed by atoms with Gasteiger partial charge in [-0.1, -0.05) is 5.21 Å². The number of aliphatic hydroxyl groups excluding tert-OH is 1. The Bertz CT molecular complexity index is 404. The molecule has 0 saturated heterocycles. The van der Waals surface area contributed by atoms with E-state index in [1.807, 2.05) is 0 Å². The molecular weight excluding hydrogens is 250 g/mol. The van der Waals surface area contributed by atoms with Gasteiger partial charge in [0.15, 0.2) is 4.60 Å². The van der Waals surface area contributed by atoms with Crippen LogP contribution in [0, 0.1) is 0 Å². The summed E-state index contributed by atoms with van der Waals surface area (Å²) in [6.45, 7) is 0. The average Bonchev–Trinajstić information content (AvgIpc) is 2.75. The highest BCUT2D eigenvalue weighted by Gasteiger charge is 2.19. The van der Waals surface area contributed by atoms with Gasteiger partial charge in [0.1, 0.15) is 11.8 Å². The van der Waals surface area contributed by atoms with E-state index in [1.165, 1.54) is 17.2 Å². The van der Waals surface area contributed by atoms with Gasteiger partial charge in [-0.2, -0.15) is 0 Å². The van der Waals surface area contributed by atoms with Crippen LogP contribution in [0.25, 0.3) is 0 Å². The summed E-state index contributed by atoms with van der Waals surface area (Å²) < 4.78 is 6.94. The van der Waals surface area contributed by atoms with Crippen molar-refractivity contribution < 1.29 is 9.52 Å². The van der Waals surface area contributed by atoms with E-state index in [0.29, 0.717) is 15.9 Å². The number of aliphatic hydroxyl groups is 1. The van der Waals surface area contributed by atoms with E-state index in [-0.39, 0.29) is 0 Å². The lowest BCUT2D eigenvalue weighted by Crippen LogP contribution is -2.06. The van der Waals surface area contributed by atoms with Crippen molar-refractivity contribution >= 4 is 15.9 Å². The molecule has 14 heavy (non-hydrogen) atoms. The topological polar surface area (TPSA) is 64.1 Å². The summed E-state index contributed by atoms with van der Waals surface area (Å²) in [5, 5.41) is 17.5. The first-order valence-corrected chi connectivity index (χ1v) is 4.74. The zero-order valence-electron chi connectivity index (χ0n) is 7.38. The first-order chi connectivity index (χ1) is 6.70. The van der Waals surface area contributed by atoms with Crippen LogP contribution < -0.4 is 0 Å². The molecule has 74 valence electrons. The van der Waals surface area contributed by atoms with Crippen LogP contribution in [0.4, 0.5) is 0 Å². The molecule has 0 aliphatic rings. The fraction of sp³-hybridized carbons (Fsp3) is 0.250. The van der Waals surface area contributed by atoms with Crippen LogP contribution in [-0.4, -0.2) is 20.1 Å². The quantitative estimate of drug-likeness (QED) is 0.880. The monoisotopic (exact) mass is 257 g/mol. The number of furan rings is 1. The summed E-state index contributed by atoms with van der Waals surface area (Å²) in [6, 6.07) is 1.70. The highest BCUT2D eigenvalue weighted by molar-refractivity contribution is 9.10. The predicted molar refractivity (Wildman–Crippen MR) is 51.5 cm³/mol. The summed E-state index contributed by atoms with van der Waals surface area (Å²) in [7, 11) is 1.72. The van der Waals surface area contributed by atoms with Crippen molar-refractivity contribution in [2.45, 2.75) is 6.10 Å². The van der Waals surface area contributed by atoms with Crippen molar-refractivity contribution in [1.29, 1.82) is 0 Å². The van der Waals surface area contributed by atoms with Crippen LogP contribution in [0.3, 0.4) is 0 Å². The highest BCUT2D eigenvalue weighted by atomic mass is 79.9. The molecule has 0 spiro atoms. The second-order valence-electron chi connectivity index (χ2n) is 2.85. The van der Waals surface area contributed by atoms with Gasteiger partial charge in [0.05, 0.1) is 12.5 Å². The van der Waals surface area contributed by atoms with E-state index in [1.54, 1.807) is 13.1 Å². The van der Waals surface area contributed by atoms with Crippen molar-refractivity contribution in [2.24, 2.45) is 7.05 Å². The molecule has 0 aliphatic heterocycles. The molecule has 2 aromatic heterocycles. The lowest BCUT2D eigenvalue weighted by molar-refractivity contribution is 0.208. The van der Waals surface area contributed by atoms with Crippen LogP contribution in [0.2, 0.25) is 0 Å². The van der Waals surface area contributed by atoms with Gasteiger partial charge in [-0.25, -0.2) is 4.68 Å². The van der Waals surface area contributed by atoms with Gasteiger partial charge < -0.3 is 9.52 Å². The molecular formula is C8H8BrN3O2. The first kappa shape index (κ1) is 9.42. The summed E-state index contributed by atoms with van der Waals surface area (Å²) in [5.41, 5.74) is 1.28. The third-order valence-electron chi connectivity index (χ3n) is 1.94. The zero-order chi connectivity index (χ0) is 10.1. The summed E-state index contributed by atoms with van der Waals surface area (Å²) in [4.78, 5) is 0. The molecule has 0 saturated carbocycles. The number of halogens is 1. The van der Waals surface area contributed by atoms with Crippen LogP contribution in [0.5, 0.6) is 0 Å². The molecule has 0 amide bonds. The lowest BCUT2D eigenvalue weighted by atomic mass is 10.1. The molecule has 2 heterocycles. The predicted octanol–water partition coefficient (Wildman–Crippen LogP) is 1.25. The number of aryl methyl sites for hydroxylation is 1. The summed E-state index contributed by atoms with van der Waals surface area (Å²) in [5.74, 6) is 0. The molecule has 0 aromatic carbocycles. The Kier molecular flexibility index (Phi) is 2.39. The van der Waals surface area contributed by atoms with Crippen molar-refractivity contribution in [1.82, 2.24) is 15.0 Å². The van der Waals surface area contributed by atoms with Crippen molar-refractivity contribution in [3.63, 3.8) is 0 Å². The van der Waals surface area contributed by atoms with Crippen molar-refractivity contribution in [3.05, 3.63) is 34.5 Å². The zero-order valence-corrected chi connectivity index (χ0v) is 8.97. The Labute approximate surface area is 88.5 Å². The Morgan fingerprint density at radius 3 is 2.93 bits per heavy atom. The third-order valence-corrected chi connectivity index (χ3v) is 2.51. The molecule has 1 N–H and O–H groups in total. The standard InChI is InChI=1S/C8H8BrN3O2/c1-12-6(8(9)10-11-12)7(13)5-2-3-14-4-5/h2-4,7,13H,1H3. The molecule has 0 fully saturated rings. The second-order valence-corrected chi connectivity index (χ2v) is 3.60. The molecule has 1 atom stereocenters. The number of rotatable bonds is 2. The highest BCUT2D eigenvalue weighted by Crippen LogP contribution is 2.26. The van der Waals surface area contributed by atoms with E-state index < -0.39 is 6.10 Å². The number of hydrogen-bond donors (Lipinski definition) is 1. The maximum Gasteiger partial charge on any atom is 0.154 e. The van der Waals surface area contributed by atoms with E-state index in [4.69, 9.17) is 4.42 Å². The Morgan fingerprint density at radius 2 is 2.43 bits per heavy atom. The van der Waals surface area contributed by atoms with Crippen LogP contribution >= 0.6 is 15.9 Å². The van der Waals surface area contributed by atoms with Gasteiger partial charge in [-0.3, -0.25) is 0 Å². The van der Waals surface area contributed by atoms with Gasteiger partial charge >= 0.3 is 0 Å². The summed E-state index contributed by atoms with van der Waals surface area (Å²) in [6.07, 6.45) is 2.23. The summed E-state index contributed by atoms with van der Waals surface area (Å²) >= 11 is 3.22. The van der Waals surface area contributed by atoms with Crippen LogP contribution in [-0.2, 0) is 7.05 Å². The maximum absolute atomic E-state index is 9.94. The molecule has 0 radical (unpaired) electrons. The lowest BCUT2D eigenvalue weighted by Gasteiger charge is -2.07. The normalized spacial score (nSPS) is 13.1. The van der Waals surface area contributed by atoms with Gasteiger partial charge in [-0.05, 0) is 22.0 Å². The molecule has 0 bridgehead atoms. The fourth-order valence-corrected chi connectivity index (χ4v) is 1.76. The largest absolute Gasteiger partial charge is 0.472 e. The number of aromatic nitrogens is 3. The molecule has 0 aliphatic carbocycles. The Morgan fingerprint density at radius 1 is 1.64 bits per heavy atom. The van der Waals surface area contributed by atoms with Gasteiger partial charge in [-0.15, -0.1) is 5.10 Å². The molecule has 5 nitrogen and oxygen atoms in total. The van der Waals surface area contributed by atoms with Gasteiger partial charge in [0.25, 0.3) is 0 Å². The second kappa shape index (κ2) is 3.55. The first-order valence-electron chi connectivity index (χ1n) is 3.95. The van der Waals surface area contributed by atoms with Crippen molar-refractivity contribution in [2.75, 3.05) is 0 Å². The molecule has 2 aromatic rings. The minimum atomic E-state index is -0.775. The van der Waals surface area contributed by atoms with Gasteiger partial charge in [0, 0.05) is 12.6 Å². The Balaban J connectivity index is 2.41. The van der Waals surface area contributed by atoms with E-state index in [9.17, 15) is 5.11 Å². The van der Waals surface area contributed by atoms with Crippen LogP contribution in [0.15, 0.2) is 27.6 Å². The molecule has 6 heteroatoms. The van der Waals surface area contributed by atoms with Crippen LogP contribution in [0.1, 0.15) is 17.4 Å². The number of nitrogens with zero attached hydrogens (tertiary/aromatic N) is 3. The maximum atomic E-state index is 9.94. The minimum Gasteiger partial charge on any atom is -0.472 e. The minimum absolute atomic E-state index is 0.536. The fourth-order valence-electron chi connectivity index (χ4n) is 1.22. The van der Waals surface area contributed by atoms with Gasteiger partial charge in [0.2, 0.25) is 0 Å². The van der Waals surface area contributed by atoms with E-state index >= 15 is 0 Å².